The number of sulfone groups is 1. The average molecular weight is 250 g/mol. The van der Waals surface area contributed by atoms with Gasteiger partial charge in [-0.1, -0.05) is 13.8 Å². The van der Waals surface area contributed by atoms with Crippen molar-refractivity contribution in [2.24, 2.45) is 5.73 Å². The van der Waals surface area contributed by atoms with Gasteiger partial charge in [-0.05, 0) is 19.3 Å². The van der Waals surface area contributed by atoms with E-state index < -0.39 is 15.4 Å². The van der Waals surface area contributed by atoms with Crippen molar-refractivity contribution < 1.29 is 13.2 Å². The summed E-state index contributed by atoms with van der Waals surface area (Å²) in [5, 5.41) is 2.67. The van der Waals surface area contributed by atoms with Crippen molar-refractivity contribution in [1.82, 2.24) is 5.32 Å². The molecule has 0 unspecified atom stereocenters. The van der Waals surface area contributed by atoms with Crippen molar-refractivity contribution in [3.05, 3.63) is 0 Å². The summed E-state index contributed by atoms with van der Waals surface area (Å²) in [7, 11) is -2.95. The lowest BCUT2D eigenvalue weighted by Crippen LogP contribution is -2.53. The van der Waals surface area contributed by atoms with Gasteiger partial charge in [-0.25, -0.2) is 8.42 Å². The quantitative estimate of drug-likeness (QED) is 0.625. The van der Waals surface area contributed by atoms with Crippen LogP contribution >= 0.6 is 0 Å². The van der Waals surface area contributed by atoms with E-state index in [-0.39, 0.29) is 11.7 Å². The topological polar surface area (TPSA) is 89.3 Å². The van der Waals surface area contributed by atoms with E-state index in [1.807, 2.05) is 13.8 Å². The van der Waals surface area contributed by atoms with Crippen molar-refractivity contribution in [2.75, 3.05) is 18.6 Å². The monoisotopic (exact) mass is 250 g/mol. The third-order valence-corrected chi connectivity index (χ3v) is 3.72. The summed E-state index contributed by atoms with van der Waals surface area (Å²) in [4.78, 5) is 11.7. The Morgan fingerprint density at radius 1 is 1.31 bits per heavy atom. The van der Waals surface area contributed by atoms with E-state index in [4.69, 9.17) is 5.73 Å². The molecule has 0 saturated heterocycles. The maximum absolute atomic E-state index is 11.7. The number of carbonyl (C=O) groups is 1. The van der Waals surface area contributed by atoms with Gasteiger partial charge in [-0.2, -0.15) is 0 Å². The van der Waals surface area contributed by atoms with E-state index in [0.29, 0.717) is 25.8 Å². The average Bonchev–Trinajstić information content (AvgIpc) is 2.21. The highest BCUT2D eigenvalue weighted by atomic mass is 32.2. The molecule has 0 atom stereocenters. The molecule has 5 nitrogen and oxygen atoms in total. The van der Waals surface area contributed by atoms with E-state index in [1.54, 1.807) is 0 Å². The number of rotatable bonds is 7. The zero-order valence-electron chi connectivity index (χ0n) is 10.2. The molecular formula is C10H22N2O3S. The number of amides is 1. The minimum absolute atomic E-state index is 0.0864. The Labute approximate surface area is 97.7 Å². The third-order valence-electron chi connectivity index (χ3n) is 2.69. The number of hydrogen-bond acceptors (Lipinski definition) is 4. The molecule has 0 bridgehead atoms. The predicted molar refractivity (Wildman–Crippen MR) is 64.8 cm³/mol. The lowest BCUT2D eigenvalue weighted by atomic mass is 9.93. The maximum Gasteiger partial charge on any atom is 0.240 e. The molecule has 3 N–H and O–H groups in total. The summed E-state index contributed by atoms with van der Waals surface area (Å²) in [6, 6.07) is 0. The van der Waals surface area contributed by atoms with Crippen molar-refractivity contribution in [3.8, 4) is 0 Å². The van der Waals surface area contributed by atoms with E-state index in [1.165, 1.54) is 6.26 Å². The van der Waals surface area contributed by atoms with Gasteiger partial charge in [-0.3, -0.25) is 4.79 Å². The van der Waals surface area contributed by atoms with E-state index in [0.717, 1.165) is 0 Å². The van der Waals surface area contributed by atoms with Crippen LogP contribution in [-0.2, 0) is 14.6 Å². The first kappa shape index (κ1) is 15.4. The minimum atomic E-state index is -2.95. The molecule has 0 rings (SSSR count). The Morgan fingerprint density at radius 2 is 1.81 bits per heavy atom. The van der Waals surface area contributed by atoms with Crippen molar-refractivity contribution in [2.45, 2.75) is 38.6 Å². The molecule has 0 aliphatic heterocycles. The van der Waals surface area contributed by atoms with Crippen LogP contribution in [0.15, 0.2) is 0 Å². The second-order valence-electron chi connectivity index (χ2n) is 4.10. The Bertz CT molecular complexity index is 321. The summed E-state index contributed by atoms with van der Waals surface area (Å²) in [5.41, 5.74) is 5.05. The Morgan fingerprint density at radius 3 is 2.19 bits per heavy atom. The molecule has 0 aliphatic carbocycles. The van der Waals surface area contributed by atoms with Crippen LogP contribution in [-0.4, -0.2) is 38.4 Å². The number of nitrogens with two attached hydrogens (primary N) is 1. The molecule has 6 heteroatoms. The molecule has 0 saturated carbocycles. The van der Waals surface area contributed by atoms with Crippen molar-refractivity contribution in [3.63, 3.8) is 0 Å². The second kappa shape index (κ2) is 6.20. The van der Waals surface area contributed by atoms with Crippen LogP contribution in [0.4, 0.5) is 0 Å². The normalized spacial score (nSPS) is 12.5. The molecule has 96 valence electrons. The van der Waals surface area contributed by atoms with Gasteiger partial charge in [-0.15, -0.1) is 0 Å². The fourth-order valence-corrected chi connectivity index (χ4v) is 1.95. The first-order chi connectivity index (χ1) is 7.25. The molecule has 0 spiro atoms. The second-order valence-corrected chi connectivity index (χ2v) is 6.36. The Hall–Kier alpha value is -0.620. The van der Waals surface area contributed by atoms with Crippen LogP contribution in [0.1, 0.15) is 33.1 Å². The van der Waals surface area contributed by atoms with Crippen LogP contribution in [0.25, 0.3) is 0 Å². The third kappa shape index (κ3) is 5.46. The van der Waals surface area contributed by atoms with E-state index in [2.05, 4.69) is 5.32 Å². The summed E-state index contributed by atoms with van der Waals surface area (Å²) < 4.78 is 21.7. The highest BCUT2D eigenvalue weighted by molar-refractivity contribution is 7.90. The smallest absolute Gasteiger partial charge is 0.240 e. The zero-order valence-corrected chi connectivity index (χ0v) is 11.1. The van der Waals surface area contributed by atoms with Gasteiger partial charge >= 0.3 is 0 Å². The van der Waals surface area contributed by atoms with Gasteiger partial charge in [0.15, 0.2) is 0 Å². The molecule has 0 heterocycles. The first-order valence-electron chi connectivity index (χ1n) is 5.50. The summed E-state index contributed by atoms with van der Waals surface area (Å²) in [6.07, 6.45) is 2.75. The van der Waals surface area contributed by atoms with Crippen LogP contribution in [0.3, 0.4) is 0 Å². The molecule has 0 fully saturated rings. The van der Waals surface area contributed by atoms with Crippen molar-refractivity contribution >= 4 is 15.7 Å². The zero-order chi connectivity index (χ0) is 12.8. The number of carbonyl (C=O) groups excluding carboxylic acids is 1. The fourth-order valence-electron chi connectivity index (χ4n) is 1.28. The lowest BCUT2D eigenvalue weighted by Gasteiger charge is -2.25. The molecule has 1 amide bonds. The van der Waals surface area contributed by atoms with E-state index >= 15 is 0 Å². The molecule has 0 aromatic carbocycles. The maximum atomic E-state index is 11.7. The van der Waals surface area contributed by atoms with Gasteiger partial charge in [0, 0.05) is 12.8 Å². The van der Waals surface area contributed by atoms with E-state index in [9.17, 15) is 13.2 Å². The van der Waals surface area contributed by atoms with Gasteiger partial charge < -0.3 is 11.1 Å². The molecule has 0 aliphatic rings. The summed E-state index contributed by atoms with van der Waals surface area (Å²) in [5.74, 6) is -0.116. The molecule has 0 radical (unpaired) electrons. The largest absolute Gasteiger partial charge is 0.354 e. The fraction of sp³-hybridized carbons (Fsp3) is 0.900. The van der Waals surface area contributed by atoms with Crippen LogP contribution in [0.5, 0.6) is 0 Å². The summed E-state index contributed by atoms with van der Waals surface area (Å²) in [6.45, 7) is 4.07. The van der Waals surface area contributed by atoms with Gasteiger partial charge in [0.25, 0.3) is 0 Å². The molecule has 0 aromatic heterocycles. The Kier molecular flexibility index (Phi) is 5.96. The molecule has 0 aromatic rings. The SMILES string of the molecule is CCC(N)(CC)C(=O)NCCCS(C)(=O)=O. The van der Waals surface area contributed by atoms with Crippen LogP contribution in [0, 0.1) is 0 Å². The van der Waals surface area contributed by atoms with Gasteiger partial charge in [0.1, 0.15) is 9.84 Å². The van der Waals surface area contributed by atoms with Gasteiger partial charge in [0.05, 0.1) is 11.3 Å². The predicted octanol–water partition coefficient (Wildman–Crippen LogP) is 0.0548. The highest BCUT2D eigenvalue weighted by Gasteiger charge is 2.29. The number of nitrogens with one attached hydrogen (secondary N) is 1. The first-order valence-corrected chi connectivity index (χ1v) is 7.56. The lowest BCUT2D eigenvalue weighted by molar-refractivity contribution is -0.126. The highest BCUT2D eigenvalue weighted by Crippen LogP contribution is 2.10. The van der Waals surface area contributed by atoms with Gasteiger partial charge in [0.2, 0.25) is 5.91 Å². The minimum Gasteiger partial charge on any atom is -0.354 e. The van der Waals surface area contributed by atoms with Crippen molar-refractivity contribution in [1.29, 1.82) is 0 Å². The van der Waals surface area contributed by atoms with Crippen LogP contribution in [0.2, 0.25) is 0 Å². The molecule has 16 heavy (non-hydrogen) atoms. The molecular weight excluding hydrogens is 228 g/mol. The van der Waals surface area contributed by atoms with Crippen LogP contribution < -0.4 is 11.1 Å². The number of hydrogen-bond donors (Lipinski definition) is 2. The standard InChI is InChI=1S/C10H22N2O3S/c1-4-10(11,5-2)9(13)12-7-6-8-16(3,14)15/h4-8,11H2,1-3H3,(H,12,13). The summed E-state index contributed by atoms with van der Waals surface area (Å²) >= 11 is 0. The Balaban J connectivity index is 3.99.